The minimum absolute atomic E-state index is 0.132. The summed E-state index contributed by atoms with van der Waals surface area (Å²) in [4.78, 5) is 0. The van der Waals surface area contributed by atoms with Crippen LogP contribution in [0, 0.1) is 0 Å². The molecular weight excluding hydrogens is 336 g/mol. The van der Waals surface area contributed by atoms with Gasteiger partial charge in [0.25, 0.3) is 0 Å². The van der Waals surface area contributed by atoms with E-state index in [4.69, 9.17) is 16.7 Å². The van der Waals surface area contributed by atoms with Crippen molar-refractivity contribution in [3.05, 3.63) is 68.1 Å². The van der Waals surface area contributed by atoms with Gasteiger partial charge in [-0.1, -0.05) is 58.7 Å². The van der Waals surface area contributed by atoms with Crippen molar-refractivity contribution in [1.82, 2.24) is 0 Å². The summed E-state index contributed by atoms with van der Waals surface area (Å²) in [5.41, 5.74) is 4.75. The zero-order valence-corrected chi connectivity index (χ0v) is 13.8. The van der Waals surface area contributed by atoms with Crippen molar-refractivity contribution in [2.45, 2.75) is 26.2 Å². The van der Waals surface area contributed by atoms with Crippen molar-refractivity contribution in [3.8, 4) is 0 Å². The first kappa shape index (κ1) is 15.6. The maximum atomic E-state index is 9.02. The highest BCUT2D eigenvalue weighted by Gasteiger charge is 2.08. The van der Waals surface area contributed by atoms with Crippen molar-refractivity contribution >= 4 is 27.5 Å². The van der Waals surface area contributed by atoms with Crippen LogP contribution in [-0.4, -0.2) is 11.7 Å². The fraction of sp³-hybridized carbons (Fsp3) is 0.294. The maximum Gasteiger partial charge on any atom is 0.0471 e. The number of hydrogen-bond acceptors (Lipinski definition) is 1. The quantitative estimate of drug-likeness (QED) is 0.819. The van der Waals surface area contributed by atoms with Crippen LogP contribution >= 0.6 is 27.5 Å². The van der Waals surface area contributed by atoms with Gasteiger partial charge in [-0.25, -0.2) is 0 Å². The highest BCUT2D eigenvalue weighted by Crippen LogP contribution is 2.28. The largest absolute Gasteiger partial charge is 0.396 e. The monoisotopic (exact) mass is 352 g/mol. The molecule has 106 valence electrons. The number of aryl methyl sites for hydroxylation is 1. The molecule has 1 N–H and O–H groups in total. The fourth-order valence-electron chi connectivity index (χ4n) is 2.19. The third kappa shape index (κ3) is 3.85. The number of benzene rings is 2. The van der Waals surface area contributed by atoms with Gasteiger partial charge in [0.2, 0.25) is 0 Å². The van der Waals surface area contributed by atoms with Crippen LogP contribution in [0.4, 0.5) is 0 Å². The first-order valence-corrected chi connectivity index (χ1v) is 7.96. The van der Waals surface area contributed by atoms with Gasteiger partial charge in [0.1, 0.15) is 0 Å². The van der Waals surface area contributed by atoms with Crippen LogP contribution in [0.3, 0.4) is 0 Å². The molecule has 0 radical (unpaired) electrons. The van der Waals surface area contributed by atoms with E-state index in [1.165, 1.54) is 11.1 Å². The van der Waals surface area contributed by atoms with E-state index in [0.717, 1.165) is 33.5 Å². The van der Waals surface area contributed by atoms with E-state index < -0.39 is 0 Å². The Morgan fingerprint density at radius 1 is 1.05 bits per heavy atom. The first-order chi connectivity index (χ1) is 9.63. The third-order valence-electron chi connectivity index (χ3n) is 3.42. The van der Waals surface area contributed by atoms with E-state index in [0.29, 0.717) is 6.42 Å². The van der Waals surface area contributed by atoms with E-state index in [9.17, 15) is 0 Å². The zero-order chi connectivity index (χ0) is 14.5. The van der Waals surface area contributed by atoms with Gasteiger partial charge in [-0.05, 0) is 53.6 Å². The molecule has 0 bridgehead atoms. The Hall–Kier alpha value is -0.830. The summed E-state index contributed by atoms with van der Waals surface area (Å²) in [5, 5.41) is 9.79. The molecule has 20 heavy (non-hydrogen) atoms. The number of rotatable bonds is 5. The van der Waals surface area contributed by atoms with Gasteiger partial charge >= 0.3 is 0 Å². The van der Waals surface area contributed by atoms with E-state index in [1.807, 2.05) is 6.07 Å². The van der Waals surface area contributed by atoms with Gasteiger partial charge in [-0.2, -0.15) is 0 Å². The Morgan fingerprint density at radius 3 is 2.30 bits per heavy atom. The molecule has 3 heteroatoms. The van der Waals surface area contributed by atoms with E-state index in [-0.39, 0.29) is 6.61 Å². The Kier molecular flexibility index (Phi) is 5.64. The molecule has 0 unspecified atom stereocenters. The number of hydrogen-bond donors (Lipinski definition) is 1. The van der Waals surface area contributed by atoms with Gasteiger partial charge in [-0.15, -0.1) is 0 Å². The Balaban J connectivity index is 2.22. The predicted molar refractivity (Wildman–Crippen MR) is 88.6 cm³/mol. The lowest BCUT2D eigenvalue weighted by molar-refractivity contribution is 0.299. The minimum Gasteiger partial charge on any atom is -0.396 e. The van der Waals surface area contributed by atoms with Gasteiger partial charge in [0, 0.05) is 16.1 Å². The molecule has 0 aliphatic heterocycles. The van der Waals surface area contributed by atoms with Crippen LogP contribution in [-0.2, 0) is 19.3 Å². The summed E-state index contributed by atoms with van der Waals surface area (Å²) in [6.07, 6.45) is 2.50. The molecule has 0 heterocycles. The van der Waals surface area contributed by atoms with Crippen molar-refractivity contribution in [2.24, 2.45) is 0 Å². The standard InChI is InChI=1S/C17H18BrClO/c1-2-12-3-5-13(6-4-12)9-15-10-16(18)14(7-8-20)11-17(15)19/h3-6,10-11,20H,2,7-9H2,1H3. The molecule has 0 atom stereocenters. The highest BCUT2D eigenvalue weighted by molar-refractivity contribution is 9.10. The maximum absolute atomic E-state index is 9.02. The second-order valence-electron chi connectivity index (χ2n) is 4.86. The van der Waals surface area contributed by atoms with E-state index in [1.54, 1.807) is 0 Å². The van der Waals surface area contributed by atoms with E-state index >= 15 is 0 Å². The second kappa shape index (κ2) is 7.26. The summed E-state index contributed by atoms with van der Waals surface area (Å²) in [6.45, 7) is 2.29. The highest BCUT2D eigenvalue weighted by atomic mass is 79.9. The molecule has 0 aliphatic rings. The Labute approximate surface area is 133 Å². The fourth-order valence-corrected chi connectivity index (χ4v) is 3.03. The van der Waals surface area contributed by atoms with Crippen molar-refractivity contribution in [1.29, 1.82) is 0 Å². The summed E-state index contributed by atoms with van der Waals surface area (Å²) in [7, 11) is 0. The molecule has 2 aromatic carbocycles. The lowest BCUT2D eigenvalue weighted by atomic mass is 10.0. The molecular formula is C17H18BrClO. The van der Waals surface area contributed by atoms with Crippen molar-refractivity contribution < 1.29 is 5.11 Å². The van der Waals surface area contributed by atoms with Gasteiger partial charge in [0.15, 0.2) is 0 Å². The third-order valence-corrected chi connectivity index (χ3v) is 4.51. The molecule has 2 rings (SSSR count). The predicted octanol–water partition coefficient (Wildman–Crippen LogP) is 4.79. The first-order valence-electron chi connectivity index (χ1n) is 6.79. The van der Waals surface area contributed by atoms with Crippen molar-refractivity contribution in [3.63, 3.8) is 0 Å². The van der Waals surface area contributed by atoms with Crippen LogP contribution in [0.5, 0.6) is 0 Å². The molecule has 2 aromatic rings. The van der Waals surface area contributed by atoms with Gasteiger partial charge in [0.05, 0.1) is 0 Å². The molecule has 0 saturated carbocycles. The number of halogens is 2. The Morgan fingerprint density at radius 2 is 1.70 bits per heavy atom. The van der Waals surface area contributed by atoms with Crippen LogP contribution in [0.1, 0.15) is 29.2 Å². The topological polar surface area (TPSA) is 20.2 Å². The minimum atomic E-state index is 0.132. The van der Waals surface area contributed by atoms with E-state index in [2.05, 4.69) is 53.2 Å². The summed E-state index contributed by atoms with van der Waals surface area (Å²) in [6, 6.07) is 12.6. The Bertz CT molecular complexity index is 578. The molecule has 1 nitrogen and oxygen atoms in total. The summed E-state index contributed by atoms with van der Waals surface area (Å²) in [5.74, 6) is 0. The zero-order valence-electron chi connectivity index (χ0n) is 11.5. The molecule has 0 spiro atoms. The smallest absolute Gasteiger partial charge is 0.0471 e. The van der Waals surface area contributed by atoms with Crippen LogP contribution in [0.15, 0.2) is 40.9 Å². The molecule has 0 fully saturated rings. The number of aliphatic hydroxyl groups is 1. The van der Waals surface area contributed by atoms with Crippen LogP contribution in [0.25, 0.3) is 0 Å². The van der Waals surface area contributed by atoms with Gasteiger partial charge in [-0.3, -0.25) is 0 Å². The van der Waals surface area contributed by atoms with Gasteiger partial charge < -0.3 is 5.11 Å². The summed E-state index contributed by atoms with van der Waals surface area (Å²) < 4.78 is 1.01. The molecule has 0 saturated heterocycles. The average molecular weight is 354 g/mol. The second-order valence-corrected chi connectivity index (χ2v) is 6.12. The summed E-state index contributed by atoms with van der Waals surface area (Å²) >= 11 is 9.89. The molecule has 0 amide bonds. The number of aliphatic hydroxyl groups excluding tert-OH is 1. The molecule has 0 aromatic heterocycles. The van der Waals surface area contributed by atoms with Crippen molar-refractivity contribution in [2.75, 3.05) is 6.61 Å². The molecule has 0 aliphatic carbocycles. The lowest BCUT2D eigenvalue weighted by Crippen LogP contribution is -1.96. The SMILES string of the molecule is CCc1ccc(Cc2cc(Br)c(CCO)cc2Cl)cc1. The lowest BCUT2D eigenvalue weighted by Gasteiger charge is -2.10. The van der Waals surface area contributed by atoms with Crippen LogP contribution < -0.4 is 0 Å². The average Bonchev–Trinajstić information content (AvgIpc) is 2.45. The van der Waals surface area contributed by atoms with Crippen LogP contribution in [0.2, 0.25) is 5.02 Å². The normalized spacial score (nSPS) is 10.8.